The third-order valence-electron chi connectivity index (χ3n) is 3.61. The molecule has 170 valence electrons. The van der Waals surface area contributed by atoms with Gasteiger partial charge in [-0.2, -0.15) is 0 Å². The van der Waals surface area contributed by atoms with Crippen molar-refractivity contribution >= 4 is 67.9 Å². The predicted molar refractivity (Wildman–Crippen MR) is 103 cm³/mol. The van der Waals surface area contributed by atoms with Gasteiger partial charge in [0.05, 0.1) is 0 Å². The summed E-state index contributed by atoms with van der Waals surface area (Å²) >= 11 is 6.32. The summed E-state index contributed by atoms with van der Waals surface area (Å²) in [5, 5.41) is 9.47. The van der Waals surface area contributed by atoms with E-state index >= 15 is 0 Å². The van der Waals surface area contributed by atoms with Crippen molar-refractivity contribution in [3.05, 3.63) is 11.1 Å². The Morgan fingerprint density at radius 3 is 2.62 bits per heavy atom. The number of anilines is 1. The Morgan fingerprint density at radius 2 is 2.09 bits per heavy atom. The van der Waals surface area contributed by atoms with E-state index in [9.17, 15) is 32.1 Å². The number of hydrogen-bond acceptors (Lipinski definition) is 12. The fraction of sp³-hybridized carbons (Fsp3) is 0.385. The second-order valence-corrected chi connectivity index (χ2v) is 7.96. The van der Waals surface area contributed by atoms with Crippen molar-refractivity contribution in [2.75, 3.05) is 24.9 Å². The molecule has 2 heterocycles. The quantitative estimate of drug-likeness (QED) is 0.0701. The first-order chi connectivity index (χ1) is 14.5. The number of ether oxygens (including phenoxy) is 1. The molecule has 1 aromatic rings. The average Bonchev–Trinajstić information content (AvgIpc) is 3.13. The van der Waals surface area contributed by atoms with Gasteiger partial charge in [-0.05, 0) is 0 Å². The number of primary amides is 1. The molecule has 0 aliphatic carbocycles. The van der Waals surface area contributed by atoms with Crippen LogP contribution in [0.2, 0.25) is 0 Å². The zero-order valence-corrected chi connectivity index (χ0v) is 20.8. The first-order valence-electron chi connectivity index (χ1n) is 7.94. The molecule has 1 aromatic heterocycles. The van der Waals surface area contributed by atoms with Crippen molar-refractivity contribution in [2.45, 2.75) is 12.1 Å². The molecule has 0 saturated carbocycles. The smallest absolute Gasteiger partial charge is 0.731 e. The molecule has 4 amide bonds. The molecule has 0 unspecified atom stereocenters. The summed E-state index contributed by atoms with van der Waals surface area (Å²) in [6, 6.07) is -3.07. The van der Waals surface area contributed by atoms with E-state index in [1.165, 1.54) is 5.38 Å². The number of nitrogens with one attached hydrogen (secondary N) is 2. The number of nitrogens with zero attached hydrogens (tertiary/aromatic N) is 3. The van der Waals surface area contributed by atoms with Crippen molar-refractivity contribution in [2.24, 2.45) is 10.9 Å². The summed E-state index contributed by atoms with van der Waals surface area (Å²) in [5.74, 6) is -3.17. The molecular weight excluding hydrogens is 507 g/mol. The third-order valence-corrected chi connectivity index (χ3v) is 5.54. The zero-order chi connectivity index (χ0) is 23.3. The maximum Gasteiger partial charge on any atom is 1.00 e. The summed E-state index contributed by atoms with van der Waals surface area (Å²) in [6.45, 7) is -0.768. The van der Waals surface area contributed by atoms with Crippen LogP contribution in [0.5, 0.6) is 0 Å². The number of carbonyl (C=O) groups is 4. The fourth-order valence-corrected chi connectivity index (χ4v) is 4.01. The van der Waals surface area contributed by atoms with Crippen LogP contribution in [0.3, 0.4) is 0 Å². The first kappa shape index (κ1) is 28.0. The molecule has 0 radical (unpaired) electrons. The Kier molecular flexibility index (Phi) is 10.3. The molecule has 0 bridgehead atoms. The van der Waals surface area contributed by atoms with Crippen LogP contribution in [-0.2, 0) is 34.3 Å². The van der Waals surface area contributed by atoms with Crippen LogP contribution in [0.4, 0.5) is 9.93 Å². The van der Waals surface area contributed by atoms with Crippen molar-refractivity contribution in [3.8, 4) is 0 Å². The van der Waals surface area contributed by atoms with Gasteiger partial charge >= 0.3 is 35.7 Å². The predicted octanol–water partition coefficient (Wildman–Crippen LogP) is -5.07. The molecule has 1 aliphatic rings. The number of amides is 4. The Hall–Kier alpha value is -2.02. The topological polar surface area (TPSA) is 223 Å². The van der Waals surface area contributed by atoms with E-state index in [1.54, 1.807) is 0 Å². The summed E-state index contributed by atoms with van der Waals surface area (Å²) in [7, 11) is -4.12. The minimum Gasteiger partial charge on any atom is -0.731 e. The van der Waals surface area contributed by atoms with Crippen LogP contribution >= 0.6 is 22.9 Å². The number of rotatable bonds is 9. The average molecular weight is 521 g/mol. The SMILES string of the molecule is CON=C(C(=O)N[C@@H]1C(=O)N(S(=O)(=O)[O-])[C@@H]1COC(N)=O)c1csc(NC(=O)CCl)n1.[Na+]. The van der Waals surface area contributed by atoms with Gasteiger partial charge in [0.25, 0.3) is 11.8 Å². The standard InChI is InChI=1S/C13H15ClN6O9S2.Na/c1-28-19-8(5-4-30-13(16-5)17-7(21)2-14)10(22)18-9-6(3-29-12(15)24)20(11(9)23)31(25,26)27;/h4,6,9H,2-3H2,1H3,(H2,15,24)(H,18,22)(H,16,17,21)(H,25,26,27);/q;+1/p-1/t6-,9+;/m1./s1. The monoisotopic (exact) mass is 520 g/mol. The van der Waals surface area contributed by atoms with Crippen molar-refractivity contribution in [3.63, 3.8) is 0 Å². The Bertz CT molecular complexity index is 1030. The summed E-state index contributed by atoms with van der Waals surface area (Å²) in [5.41, 5.74) is 4.31. The fourth-order valence-electron chi connectivity index (χ4n) is 2.38. The van der Waals surface area contributed by atoms with Crippen LogP contribution in [-0.4, -0.2) is 83.5 Å². The van der Waals surface area contributed by atoms with Crippen LogP contribution in [0.1, 0.15) is 5.69 Å². The normalized spacial score (nSPS) is 18.2. The molecule has 1 saturated heterocycles. The Morgan fingerprint density at radius 1 is 1.44 bits per heavy atom. The van der Waals surface area contributed by atoms with Gasteiger partial charge in [-0.25, -0.2) is 22.5 Å². The van der Waals surface area contributed by atoms with E-state index in [0.717, 1.165) is 18.4 Å². The van der Waals surface area contributed by atoms with Gasteiger partial charge in [-0.1, -0.05) is 5.16 Å². The molecule has 32 heavy (non-hydrogen) atoms. The molecule has 2 rings (SSSR count). The van der Waals surface area contributed by atoms with E-state index in [1.807, 2.05) is 0 Å². The van der Waals surface area contributed by atoms with Crippen molar-refractivity contribution < 1.29 is 71.3 Å². The summed E-state index contributed by atoms with van der Waals surface area (Å²) < 4.78 is 38.1. The second-order valence-electron chi connectivity index (χ2n) is 5.58. The van der Waals surface area contributed by atoms with Gasteiger partial charge in [0.15, 0.2) is 21.1 Å². The zero-order valence-electron chi connectivity index (χ0n) is 16.4. The maximum atomic E-state index is 12.6. The number of carbonyl (C=O) groups excluding carboxylic acids is 4. The number of hydrogen-bond donors (Lipinski definition) is 3. The summed E-state index contributed by atoms with van der Waals surface area (Å²) in [6.07, 6.45) is -1.29. The number of β-lactam (4-membered cyclic amide) rings is 1. The van der Waals surface area contributed by atoms with E-state index in [4.69, 9.17) is 17.3 Å². The number of alkyl halides is 1. The second kappa shape index (κ2) is 11.7. The van der Waals surface area contributed by atoms with Crippen LogP contribution in [0.25, 0.3) is 0 Å². The van der Waals surface area contributed by atoms with E-state index in [2.05, 4.69) is 30.3 Å². The molecule has 0 spiro atoms. The Balaban J connectivity index is 0.00000512. The molecule has 0 aromatic carbocycles. The minimum absolute atomic E-state index is 0. The van der Waals surface area contributed by atoms with Crippen LogP contribution in [0.15, 0.2) is 10.5 Å². The molecule has 4 N–H and O–H groups in total. The minimum atomic E-state index is -5.24. The van der Waals surface area contributed by atoms with Crippen molar-refractivity contribution in [1.82, 2.24) is 14.6 Å². The number of thiazole rings is 1. The summed E-state index contributed by atoms with van der Waals surface area (Å²) in [4.78, 5) is 55.4. The van der Waals surface area contributed by atoms with Crippen LogP contribution < -0.4 is 45.9 Å². The number of halogens is 1. The van der Waals surface area contributed by atoms with Gasteiger partial charge in [0.1, 0.15) is 37.4 Å². The third kappa shape index (κ3) is 6.74. The Labute approximate surface area is 211 Å². The largest absolute Gasteiger partial charge is 1.00 e. The maximum absolute atomic E-state index is 12.6. The number of aromatic nitrogens is 1. The number of nitrogens with two attached hydrogens (primary N) is 1. The molecule has 1 aliphatic heterocycles. The number of oxime groups is 1. The molecule has 2 atom stereocenters. The van der Waals surface area contributed by atoms with E-state index in [0.29, 0.717) is 0 Å². The van der Waals surface area contributed by atoms with Crippen molar-refractivity contribution in [1.29, 1.82) is 0 Å². The van der Waals surface area contributed by atoms with Gasteiger partial charge in [0.2, 0.25) is 5.91 Å². The molecular formula is C13H14ClN6NaO9S2. The molecule has 19 heteroatoms. The van der Waals surface area contributed by atoms with Gasteiger partial charge < -0.3 is 30.5 Å². The van der Waals surface area contributed by atoms with Gasteiger partial charge in [-0.3, -0.25) is 14.4 Å². The van der Waals surface area contributed by atoms with E-state index < -0.39 is 58.5 Å². The van der Waals surface area contributed by atoms with Gasteiger partial charge in [-0.15, -0.1) is 22.9 Å². The van der Waals surface area contributed by atoms with Gasteiger partial charge in [0, 0.05) is 5.38 Å². The molecule has 15 nitrogen and oxygen atoms in total. The van der Waals surface area contributed by atoms with Crippen LogP contribution in [0, 0.1) is 0 Å². The van der Waals surface area contributed by atoms with E-state index in [-0.39, 0.29) is 50.6 Å². The molecule has 1 fully saturated rings. The first-order valence-corrected chi connectivity index (χ1v) is 10.7.